The summed E-state index contributed by atoms with van der Waals surface area (Å²) in [6.07, 6.45) is 5.46. The molecule has 0 atom stereocenters. The largest absolute Gasteiger partial charge is 0.348 e. The van der Waals surface area contributed by atoms with Crippen LogP contribution in [0.5, 0.6) is 0 Å². The van der Waals surface area contributed by atoms with Crippen LogP contribution in [-0.4, -0.2) is 42.2 Å². The lowest BCUT2D eigenvalue weighted by Crippen LogP contribution is -2.50. The number of amides is 1. The molecule has 4 aromatic rings. The highest BCUT2D eigenvalue weighted by Gasteiger charge is 2.46. The minimum Gasteiger partial charge on any atom is -0.348 e. The summed E-state index contributed by atoms with van der Waals surface area (Å²) < 4.78 is 29.8. The molecule has 1 aliphatic carbocycles. The van der Waals surface area contributed by atoms with Gasteiger partial charge < -0.3 is 9.88 Å². The molecule has 0 saturated heterocycles. The van der Waals surface area contributed by atoms with Crippen molar-refractivity contribution in [3.8, 4) is 11.4 Å². The highest BCUT2D eigenvalue weighted by atomic mass is 19.3. The van der Waals surface area contributed by atoms with Crippen molar-refractivity contribution in [2.75, 3.05) is 0 Å². The molecule has 0 radical (unpaired) electrons. The summed E-state index contributed by atoms with van der Waals surface area (Å²) in [6.45, 7) is 0. The van der Waals surface area contributed by atoms with Gasteiger partial charge in [-0.2, -0.15) is 5.10 Å². The van der Waals surface area contributed by atoms with E-state index in [9.17, 15) is 13.6 Å². The third kappa shape index (κ3) is 3.86. The smallest absolute Gasteiger partial charge is 0.270 e. The second kappa shape index (κ2) is 7.51. The van der Waals surface area contributed by atoms with Crippen LogP contribution in [0.4, 0.5) is 8.78 Å². The van der Waals surface area contributed by atoms with Gasteiger partial charge in [0, 0.05) is 57.0 Å². The number of nitrogens with zero attached hydrogens (tertiary/aromatic N) is 5. The maximum absolute atomic E-state index is 13.1. The second-order valence-electron chi connectivity index (χ2n) is 8.37. The molecule has 1 aliphatic rings. The van der Waals surface area contributed by atoms with E-state index in [1.165, 1.54) is 0 Å². The van der Waals surface area contributed by atoms with Crippen LogP contribution >= 0.6 is 0 Å². The molecule has 4 heterocycles. The molecular weight excluding hydrogens is 414 g/mol. The first kappa shape index (κ1) is 20.3. The fraction of sp³-hybridized carbons (Fsp3) is 0.304. The average molecular weight is 436 g/mol. The Balaban J connectivity index is 1.41. The summed E-state index contributed by atoms with van der Waals surface area (Å²) in [4.78, 5) is 21.7. The van der Waals surface area contributed by atoms with Crippen LogP contribution in [0, 0.1) is 0 Å². The van der Waals surface area contributed by atoms with Crippen LogP contribution in [0.25, 0.3) is 22.4 Å². The SMILES string of the molecule is Cn1ccc(-c2ccc(Cc3cc(C(=O)NC4CC(F)(F)C4)nc4c3ccn4C)cn2)n1. The number of fused-ring (bicyclic) bond motifs is 1. The first-order valence-electron chi connectivity index (χ1n) is 10.4. The Morgan fingerprint density at radius 2 is 1.97 bits per heavy atom. The van der Waals surface area contributed by atoms with E-state index in [-0.39, 0.29) is 18.5 Å². The molecule has 1 amide bonds. The second-order valence-corrected chi connectivity index (χ2v) is 8.37. The van der Waals surface area contributed by atoms with Crippen molar-refractivity contribution in [2.45, 2.75) is 31.2 Å². The maximum atomic E-state index is 13.1. The predicted octanol–water partition coefficient (Wildman–Crippen LogP) is 3.49. The van der Waals surface area contributed by atoms with Gasteiger partial charge >= 0.3 is 0 Å². The molecular formula is C23H22F2N6O. The van der Waals surface area contributed by atoms with Crippen LogP contribution in [0.2, 0.25) is 0 Å². The molecule has 0 unspecified atom stereocenters. The lowest BCUT2D eigenvalue weighted by molar-refractivity contribution is -0.0901. The van der Waals surface area contributed by atoms with Gasteiger partial charge in [0.25, 0.3) is 11.8 Å². The molecule has 164 valence electrons. The summed E-state index contributed by atoms with van der Waals surface area (Å²) in [7, 11) is 3.72. The highest BCUT2D eigenvalue weighted by molar-refractivity contribution is 5.95. The van der Waals surface area contributed by atoms with Gasteiger partial charge in [-0.3, -0.25) is 14.5 Å². The lowest BCUT2D eigenvalue weighted by atomic mass is 9.88. The normalized spacial score (nSPS) is 15.6. The van der Waals surface area contributed by atoms with Gasteiger partial charge in [0.05, 0.1) is 5.69 Å². The fourth-order valence-corrected chi connectivity index (χ4v) is 4.04. The fourth-order valence-electron chi connectivity index (χ4n) is 4.04. The topological polar surface area (TPSA) is 77.6 Å². The molecule has 1 fully saturated rings. The van der Waals surface area contributed by atoms with E-state index in [1.54, 1.807) is 16.9 Å². The minimum atomic E-state index is -2.69. The number of halogens is 2. The Bertz CT molecular complexity index is 1300. The molecule has 4 aromatic heterocycles. The monoisotopic (exact) mass is 436 g/mol. The molecule has 1 N–H and O–H groups in total. The molecule has 0 spiro atoms. The third-order valence-corrected chi connectivity index (χ3v) is 5.78. The molecule has 1 saturated carbocycles. The van der Waals surface area contributed by atoms with Crippen molar-refractivity contribution in [1.29, 1.82) is 0 Å². The number of hydrogen-bond acceptors (Lipinski definition) is 4. The van der Waals surface area contributed by atoms with Gasteiger partial charge in [-0.1, -0.05) is 6.07 Å². The summed E-state index contributed by atoms with van der Waals surface area (Å²) in [5.41, 5.74) is 4.38. The zero-order valence-corrected chi connectivity index (χ0v) is 17.7. The molecule has 9 heteroatoms. The molecule has 0 aromatic carbocycles. The van der Waals surface area contributed by atoms with Crippen molar-refractivity contribution in [1.82, 2.24) is 29.6 Å². The molecule has 5 rings (SSSR count). The van der Waals surface area contributed by atoms with Gasteiger partial charge in [-0.05, 0) is 41.8 Å². The number of aromatic nitrogens is 5. The van der Waals surface area contributed by atoms with Crippen molar-refractivity contribution < 1.29 is 13.6 Å². The third-order valence-electron chi connectivity index (χ3n) is 5.78. The van der Waals surface area contributed by atoms with E-state index in [0.717, 1.165) is 27.9 Å². The first-order valence-corrected chi connectivity index (χ1v) is 10.4. The van der Waals surface area contributed by atoms with E-state index in [1.807, 2.05) is 55.3 Å². The standard InChI is InChI=1S/C23H22F2N6O/c1-30-7-5-17-15(9-14-3-4-18(26-13-14)19-6-8-31(2)29-19)10-20(28-21(17)30)22(32)27-16-11-23(24,25)12-16/h3-8,10,13,16H,9,11-12H2,1-2H3,(H,27,32). The summed E-state index contributed by atoms with van der Waals surface area (Å²) >= 11 is 0. The Hall–Kier alpha value is -3.62. The van der Waals surface area contributed by atoms with Crippen molar-refractivity contribution >= 4 is 16.9 Å². The molecule has 7 nitrogen and oxygen atoms in total. The number of carbonyl (C=O) groups is 1. The number of pyridine rings is 2. The summed E-state index contributed by atoms with van der Waals surface area (Å²) in [5, 5.41) is 7.97. The Kier molecular flexibility index (Phi) is 4.76. The predicted molar refractivity (Wildman–Crippen MR) is 115 cm³/mol. The number of hydrogen-bond donors (Lipinski definition) is 1. The summed E-state index contributed by atoms with van der Waals surface area (Å²) in [6, 6.07) is 8.99. The quantitative estimate of drug-likeness (QED) is 0.520. The molecule has 32 heavy (non-hydrogen) atoms. The highest BCUT2D eigenvalue weighted by Crippen LogP contribution is 2.37. The van der Waals surface area contributed by atoms with Gasteiger partial charge in [-0.15, -0.1) is 0 Å². The van der Waals surface area contributed by atoms with E-state index in [4.69, 9.17) is 0 Å². The zero-order valence-electron chi connectivity index (χ0n) is 17.7. The number of rotatable bonds is 5. The Morgan fingerprint density at radius 1 is 1.16 bits per heavy atom. The van der Waals surface area contributed by atoms with Crippen molar-refractivity contribution in [3.05, 3.63) is 65.7 Å². The van der Waals surface area contributed by atoms with Gasteiger partial charge in [0.15, 0.2) is 0 Å². The average Bonchev–Trinajstić information content (AvgIpc) is 3.33. The molecule has 0 aliphatic heterocycles. The minimum absolute atomic E-state index is 0.225. The lowest BCUT2D eigenvalue weighted by Gasteiger charge is -2.35. The van der Waals surface area contributed by atoms with E-state index >= 15 is 0 Å². The first-order chi connectivity index (χ1) is 15.3. The Morgan fingerprint density at radius 3 is 2.62 bits per heavy atom. The van der Waals surface area contributed by atoms with E-state index in [0.29, 0.717) is 12.1 Å². The molecule has 0 bridgehead atoms. The Labute approximate surface area is 183 Å². The number of aryl methyl sites for hydroxylation is 2. The van der Waals surface area contributed by atoms with Crippen LogP contribution < -0.4 is 5.32 Å². The number of alkyl halides is 2. The maximum Gasteiger partial charge on any atom is 0.270 e. The van der Waals surface area contributed by atoms with E-state index in [2.05, 4.69) is 20.4 Å². The van der Waals surface area contributed by atoms with Gasteiger partial charge in [-0.25, -0.2) is 13.8 Å². The zero-order chi connectivity index (χ0) is 22.5. The van der Waals surface area contributed by atoms with Crippen molar-refractivity contribution in [3.63, 3.8) is 0 Å². The van der Waals surface area contributed by atoms with Crippen molar-refractivity contribution in [2.24, 2.45) is 14.1 Å². The number of carbonyl (C=O) groups excluding carboxylic acids is 1. The van der Waals surface area contributed by atoms with Crippen LogP contribution in [0.15, 0.2) is 48.9 Å². The van der Waals surface area contributed by atoms with Crippen LogP contribution in [0.3, 0.4) is 0 Å². The van der Waals surface area contributed by atoms with Gasteiger partial charge in [0.2, 0.25) is 0 Å². The number of nitrogens with one attached hydrogen (secondary N) is 1. The van der Waals surface area contributed by atoms with Gasteiger partial charge in [0.1, 0.15) is 17.0 Å². The van der Waals surface area contributed by atoms with Crippen LogP contribution in [0.1, 0.15) is 34.5 Å². The van der Waals surface area contributed by atoms with E-state index < -0.39 is 17.9 Å². The summed E-state index contributed by atoms with van der Waals surface area (Å²) in [5.74, 6) is -3.12. The van der Waals surface area contributed by atoms with Crippen LogP contribution in [-0.2, 0) is 20.5 Å².